The average molecular weight is 222 g/mol. The summed E-state index contributed by atoms with van der Waals surface area (Å²) in [6.45, 7) is 1.97. The minimum Gasteiger partial charge on any atom is -0.338 e. The quantitative estimate of drug-likeness (QED) is 0.734. The van der Waals surface area contributed by atoms with E-state index in [1.165, 1.54) is 0 Å². The Bertz CT molecular complexity index is 433. The fourth-order valence-electron chi connectivity index (χ4n) is 1.37. The second-order valence-corrected chi connectivity index (χ2v) is 3.14. The first-order valence-electron chi connectivity index (χ1n) is 4.79. The highest BCUT2D eigenvalue weighted by Gasteiger charge is 2.29. The Balaban J connectivity index is 2.24. The molecule has 1 fully saturated rings. The molecule has 0 spiro atoms. The van der Waals surface area contributed by atoms with Gasteiger partial charge in [-0.25, -0.2) is 9.59 Å². The normalized spacial score (nSPS) is 15.7. The molecule has 1 heterocycles. The van der Waals surface area contributed by atoms with Crippen LogP contribution in [-0.2, 0) is 25.7 Å². The van der Waals surface area contributed by atoms with Crippen LogP contribution in [0.2, 0.25) is 0 Å². The lowest BCUT2D eigenvalue weighted by Crippen LogP contribution is -2.49. The largest absolute Gasteiger partial charge is 0.444 e. The third kappa shape index (κ3) is 1.82. The fraction of sp³-hybridized carbons (Fsp3) is 0.200. The molecule has 0 bridgehead atoms. The summed E-state index contributed by atoms with van der Waals surface area (Å²) in [6, 6.07) is 7.31. The van der Waals surface area contributed by atoms with Crippen molar-refractivity contribution in [3.05, 3.63) is 29.8 Å². The summed E-state index contributed by atoms with van der Waals surface area (Å²) >= 11 is 0. The topological polar surface area (TPSA) is 67.9 Å². The molecule has 0 aliphatic carbocycles. The molecule has 1 aliphatic rings. The first-order chi connectivity index (χ1) is 7.72. The third-order valence-electron chi connectivity index (χ3n) is 2.15. The summed E-state index contributed by atoms with van der Waals surface area (Å²) in [7, 11) is 0. The van der Waals surface area contributed by atoms with Crippen molar-refractivity contribution in [2.75, 3.05) is 5.17 Å². The second kappa shape index (κ2) is 4.19. The fourth-order valence-corrected chi connectivity index (χ4v) is 1.37. The van der Waals surface area contributed by atoms with Gasteiger partial charge in [-0.15, -0.1) is 5.17 Å². The van der Waals surface area contributed by atoms with Gasteiger partial charge >= 0.3 is 11.9 Å². The Kier molecular flexibility index (Phi) is 2.74. The summed E-state index contributed by atoms with van der Waals surface area (Å²) in [6.07, 6.45) is 0.764. The predicted octanol–water partition coefficient (Wildman–Crippen LogP) is 0.490. The van der Waals surface area contributed by atoms with Crippen LogP contribution in [0.1, 0.15) is 12.5 Å². The van der Waals surface area contributed by atoms with E-state index in [2.05, 4.69) is 10.4 Å². The van der Waals surface area contributed by atoms with Crippen LogP contribution in [0, 0.1) is 0 Å². The Morgan fingerprint density at radius 3 is 2.69 bits per heavy atom. The molecule has 1 aromatic rings. The molecule has 2 rings (SSSR count). The van der Waals surface area contributed by atoms with E-state index in [0.29, 0.717) is 5.69 Å². The SMILES string of the molecule is CCc1ccccc1N1NOC(=O)C(=O)O1. The van der Waals surface area contributed by atoms with Gasteiger partial charge in [-0.05, 0) is 23.6 Å². The van der Waals surface area contributed by atoms with Gasteiger partial charge in [-0.3, -0.25) is 0 Å². The molecule has 1 aromatic carbocycles. The smallest absolute Gasteiger partial charge is 0.338 e. The number of nitrogens with one attached hydrogen (secondary N) is 1. The molecule has 1 N–H and O–H groups in total. The van der Waals surface area contributed by atoms with Gasteiger partial charge in [0.05, 0.1) is 0 Å². The zero-order chi connectivity index (χ0) is 11.5. The number of hydrazine groups is 1. The van der Waals surface area contributed by atoms with Crippen molar-refractivity contribution < 1.29 is 19.3 Å². The average Bonchev–Trinajstić information content (AvgIpc) is 2.32. The van der Waals surface area contributed by atoms with Crippen molar-refractivity contribution in [1.82, 2.24) is 5.59 Å². The molecular weight excluding hydrogens is 212 g/mol. The number of benzene rings is 1. The molecule has 0 atom stereocenters. The Labute approximate surface area is 91.6 Å². The Morgan fingerprint density at radius 1 is 1.25 bits per heavy atom. The molecule has 0 unspecified atom stereocenters. The van der Waals surface area contributed by atoms with Crippen LogP contribution in [0.3, 0.4) is 0 Å². The number of rotatable bonds is 2. The molecule has 84 valence electrons. The summed E-state index contributed by atoms with van der Waals surface area (Å²) in [5, 5.41) is 1.03. The van der Waals surface area contributed by atoms with Gasteiger partial charge in [0.2, 0.25) is 0 Å². The van der Waals surface area contributed by atoms with Crippen molar-refractivity contribution >= 4 is 17.6 Å². The molecule has 0 aromatic heterocycles. The highest BCUT2D eigenvalue weighted by atomic mass is 16.9. The number of carbonyl (C=O) groups excluding carboxylic acids is 2. The summed E-state index contributed by atoms with van der Waals surface area (Å²) < 4.78 is 0. The molecular formula is C10H10N2O4. The maximum absolute atomic E-state index is 11.0. The van der Waals surface area contributed by atoms with Crippen LogP contribution < -0.4 is 10.8 Å². The number of hydrogen-bond donors (Lipinski definition) is 1. The highest BCUT2D eigenvalue weighted by molar-refractivity contribution is 6.30. The van der Waals surface area contributed by atoms with Crippen LogP contribution in [0.5, 0.6) is 0 Å². The lowest BCUT2D eigenvalue weighted by molar-refractivity contribution is -0.192. The lowest BCUT2D eigenvalue weighted by Gasteiger charge is -2.26. The number of anilines is 1. The summed E-state index contributed by atoms with van der Waals surface area (Å²) in [5.74, 6) is -2.12. The van der Waals surface area contributed by atoms with E-state index in [1.54, 1.807) is 12.1 Å². The first kappa shape index (κ1) is 10.4. The molecule has 1 saturated heterocycles. The Hall–Kier alpha value is -2.08. The van der Waals surface area contributed by atoms with Crippen molar-refractivity contribution in [2.24, 2.45) is 0 Å². The number of para-hydroxylation sites is 1. The van der Waals surface area contributed by atoms with Gasteiger partial charge in [-0.1, -0.05) is 25.1 Å². The number of aryl methyl sites for hydroxylation is 1. The van der Waals surface area contributed by atoms with Gasteiger partial charge in [-0.2, -0.15) is 0 Å². The van der Waals surface area contributed by atoms with Crippen LogP contribution >= 0.6 is 0 Å². The molecule has 6 heteroatoms. The maximum atomic E-state index is 11.0. The van der Waals surface area contributed by atoms with Crippen molar-refractivity contribution in [3.63, 3.8) is 0 Å². The highest BCUT2D eigenvalue weighted by Crippen LogP contribution is 2.20. The minimum absolute atomic E-state index is 0.630. The number of carbonyl (C=O) groups is 2. The molecule has 0 amide bonds. The summed E-state index contributed by atoms with van der Waals surface area (Å²) in [5.41, 5.74) is 3.82. The number of nitrogens with zero attached hydrogens (tertiary/aromatic N) is 1. The lowest BCUT2D eigenvalue weighted by atomic mass is 10.1. The van der Waals surface area contributed by atoms with E-state index in [0.717, 1.165) is 17.2 Å². The third-order valence-corrected chi connectivity index (χ3v) is 2.15. The standard InChI is InChI=1S/C10H10N2O4/c1-2-7-5-3-4-6-8(7)12-11-15-9(13)10(14)16-12/h3-6,11H,2H2,1H3. The van der Waals surface area contributed by atoms with Crippen LogP contribution in [0.4, 0.5) is 5.69 Å². The summed E-state index contributed by atoms with van der Waals surface area (Å²) in [4.78, 5) is 30.9. The van der Waals surface area contributed by atoms with E-state index in [9.17, 15) is 9.59 Å². The monoisotopic (exact) mass is 222 g/mol. The Morgan fingerprint density at radius 2 is 2.00 bits per heavy atom. The number of hydrogen-bond acceptors (Lipinski definition) is 6. The predicted molar refractivity (Wildman–Crippen MR) is 53.6 cm³/mol. The van der Waals surface area contributed by atoms with Crippen LogP contribution in [0.25, 0.3) is 0 Å². The van der Waals surface area contributed by atoms with E-state index >= 15 is 0 Å². The van der Waals surface area contributed by atoms with Gasteiger partial charge in [0.1, 0.15) is 5.69 Å². The van der Waals surface area contributed by atoms with Gasteiger partial charge in [0.15, 0.2) is 0 Å². The zero-order valence-corrected chi connectivity index (χ0v) is 8.60. The zero-order valence-electron chi connectivity index (χ0n) is 8.60. The van der Waals surface area contributed by atoms with Gasteiger partial charge in [0, 0.05) is 0 Å². The van der Waals surface area contributed by atoms with Gasteiger partial charge in [0.25, 0.3) is 0 Å². The van der Waals surface area contributed by atoms with E-state index < -0.39 is 11.9 Å². The van der Waals surface area contributed by atoms with E-state index in [1.807, 2.05) is 19.1 Å². The minimum atomic E-state index is -1.06. The van der Waals surface area contributed by atoms with E-state index in [-0.39, 0.29) is 0 Å². The van der Waals surface area contributed by atoms with Crippen molar-refractivity contribution in [1.29, 1.82) is 0 Å². The van der Waals surface area contributed by atoms with Crippen molar-refractivity contribution in [2.45, 2.75) is 13.3 Å². The molecule has 1 aliphatic heterocycles. The van der Waals surface area contributed by atoms with Crippen LogP contribution in [0.15, 0.2) is 24.3 Å². The molecule has 0 saturated carbocycles. The van der Waals surface area contributed by atoms with Gasteiger partial charge < -0.3 is 9.68 Å². The van der Waals surface area contributed by atoms with E-state index in [4.69, 9.17) is 4.84 Å². The van der Waals surface area contributed by atoms with Crippen LogP contribution in [-0.4, -0.2) is 11.9 Å². The molecule has 0 radical (unpaired) electrons. The van der Waals surface area contributed by atoms with Crippen molar-refractivity contribution in [3.8, 4) is 0 Å². The maximum Gasteiger partial charge on any atom is 0.444 e. The first-order valence-corrected chi connectivity index (χ1v) is 4.79. The second-order valence-electron chi connectivity index (χ2n) is 3.14. The molecule has 6 nitrogen and oxygen atoms in total. The molecule has 16 heavy (non-hydrogen) atoms.